The zero-order chi connectivity index (χ0) is 12.8. The number of aromatic nitrogens is 1. The molecule has 98 valence electrons. The molecule has 0 aliphatic carbocycles. The standard InChI is InChI=1S/C12H23N3OS/c1-9(2)15(6-7-16-5)12-14-8-11(17-12)10(3)13-4/h8-10,13H,6-7H2,1-5H3. The Hall–Kier alpha value is -0.650. The molecule has 5 heteroatoms. The van der Waals surface area contributed by atoms with E-state index in [0.717, 1.165) is 18.3 Å². The highest BCUT2D eigenvalue weighted by Gasteiger charge is 2.15. The zero-order valence-corrected chi connectivity index (χ0v) is 12.2. The van der Waals surface area contributed by atoms with Gasteiger partial charge in [0.25, 0.3) is 0 Å². The van der Waals surface area contributed by atoms with E-state index < -0.39 is 0 Å². The predicted octanol–water partition coefficient (Wildman–Crippen LogP) is 2.28. The van der Waals surface area contributed by atoms with Crippen LogP contribution in [0.4, 0.5) is 5.13 Å². The van der Waals surface area contributed by atoms with Crippen molar-refractivity contribution in [3.05, 3.63) is 11.1 Å². The van der Waals surface area contributed by atoms with Gasteiger partial charge in [-0.15, -0.1) is 11.3 Å². The second kappa shape index (κ2) is 6.93. The van der Waals surface area contributed by atoms with Crippen molar-refractivity contribution in [2.24, 2.45) is 0 Å². The normalized spacial score (nSPS) is 13.1. The average molecular weight is 257 g/mol. The molecule has 1 atom stereocenters. The lowest BCUT2D eigenvalue weighted by Crippen LogP contribution is -2.33. The van der Waals surface area contributed by atoms with Gasteiger partial charge >= 0.3 is 0 Å². The molecule has 1 heterocycles. The molecule has 0 aromatic carbocycles. The van der Waals surface area contributed by atoms with Crippen LogP contribution in [0, 0.1) is 0 Å². The molecule has 0 saturated carbocycles. The van der Waals surface area contributed by atoms with Crippen LogP contribution in [-0.2, 0) is 4.74 Å². The minimum atomic E-state index is 0.359. The summed E-state index contributed by atoms with van der Waals surface area (Å²) in [5, 5.41) is 4.31. The van der Waals surface area contributed by atoms with Gasteiger partial charge in [0.05, 0.1) is 6.61 Å². The Balaban J connectivity index is 2.76. The molecular weight excluding hydrogens is 234 g/mol. The van der Waals surface area contributed by atoms with Crippen LogP contribution in [0.3, 0.4) is 0 Å². The van der Waals surface area contributed by atoms with Gasteiger partial charge in [-0.1, -0.05) is 0 Å². The van der Waals surface area contributed by atoms with Crippen molar-refractivity contribution >= 4 is 16.5 Å². The highest BCUT2D eigenvalue weighted by atomic mass is 32.1. The lowest BCUT2D eigenvalue weighted by atomic mass is 10.3. The molecule has 4 nitrogen and oxygen atoms in total. The predicted molar refractivity (Wildman–Crippen MR) is 73.9 cm³/mol. The maximum atomic E-state index is 5.14. The first-order valence-electron chi connectivity index (χ1n) is 5.98. The van der Waals surface area contributed by atoms with E-state index in [2.05, 4.69) is 36.0 Å². The van der Waals surface area contributed by atoms with Crippen molar-refractivity contribution in [1.82, 2.24) is 10.3 Å². The van der Waals surface area contributed by atoms with E-state index in [1.807, 2.05) is 13.2 Å². The molecule has 0 radical (unpaired) electrons. The monoisotopic (exact) mass is 257 g/mol. The van der Waals surface area contributed by atoms with Crippen LogP contribution in [0.25, 0.3) is 0 Å². The molecule has 0 bridgehead atoms. The zero-order valence-electron chi connectivity index (χ0n) is 11.4. The number of thiazole rings is 1. The Morgan fingerprint density at radius 2 is 2.18 bits per heavy atom. The van der Waals surface area contributed by atoms with Gasteiger partial charge in [0.2, 0.25) is 0 Å². The van der Waals surface area contributed by atoms with E-state index in [0.29, 0.717) is 12.1 Å². The molecule has 0 fully saturated rings. The fourth-order valence-electron chi connectivity index (χ4n) is 1.52. The third-order valence-electron chi connectivity index (χ3n) is 2.78. The van der Waals surface area contributed by atoms with E-state index in [-0.39, 0.29) is 0 Å². The quantitative estimate of drug-likeness (QED) is 0.813. The molecule has 1 aromatic rings. The van der Waals surface area contributed by atoms with Crippen LogP contribution in [0.5, 0.6) is 0 Å². The molecule has 1 unspecified atom stereocenters. The number of methoxy groups -OCH3 is 1. The summed E-state index contributed by atoms with van der Waals surface area (Å²) in [7, 11) is 3.70. The third kappa shape index (κ3) is 3.94. The van der Waals surface area contributed by atoms with Crippen molar-refractivity contribution in [2.75, 3.05) is 32.2 Å². The van der Waals surface area contributed by atoms with Gasteiger partial charge in [-0.3, -0.25) is 0 Å². The molecule has 1 N–H and O–H groups in total. The number of rotatable bonds is 7. The summed E-state index contributed by atoms with van der Waals surface area (Å²) >= 11 is 1.75. The summed E-state index contributed by atoms with van der Waals surface area (Å²) in [6.07, 6.45) is 1.96. The Bertz CT molecular complexity index is 327. The van der Waals surface area contributed by atoms with Crippen molar-refractivity contribution in [3.63, 3.8) is 0 Å². The summed E-state index contributed by atoms with van der Waals surface area (Å²) in [5.74, 6) is 0. The summed E-state index contributed by atoms with van der Waals surface area (Å²) in [4.78, 5) is 8.06. The second-order valence-corrected chi connectivity index (χ2v) is 5.38. The smallest absolute Gasteiger partial charge is 0.185 e. The number of nitrogens with one attached hydrogen (secondary N) is 1. The SMILES string of the molecule is CNC(C)c1cnc(N(CCOC)C(C)C)s1. The summed E-state index contributed by atoms with van der Waals surface area (Å²) < 4.78 is 5.14. The van der Waals surface area contributed by atoms with E-state index in [4.69, 9.17) is 4.74 Å². The molecule has 0 spiro atoms. The molecule has 0 amide bonds. The van der Waals surface area contributed by atoms with E-state index >= 15 is 0 Å². The van der Waals surface area contributed by atoms with Gasteiger partial charge in [0, 0.05) is 36.8 Å². The number of hydrogen-bond donors (Lipinski definition) is 1. The Morgan fingerprint density at radius 3 is 2.71 bits per heavy atom. The summed E-state index contributed by atoms with van der Waals surface area (Å²) in [5.41, 5.74) is 0. The Kier molecular flexibility index (Phi) is 5.88. The van der Waals surface area contributed by atoms with Crippen molar-refractivity contribution in [1.29, 1.82) is 0 Å². The van der Waals surface area contributed by atoms with Gasteiger partial charge in [-0.05, 0) is 27.8 Å². The van der Waals surface area contributed by atoms with Crippen LogP contribution >= 0.6 is 11.3 Å². The maximum Gasteiger partial charge on any atom is 0.185 e. The van der Waals surface area contributed by atoms with Crippen molar-refractivity contribution in [2.45, 2.75) is 32.9 Å². The van der Waals surface area contributed by atoms with Gasteiger partial charge in [0.15, 0.2) is 5.13 Å². The molecule has 1 aromatic heterocycles. The second-order valence-electron chi connectivity index (χ2n) is 4.34. The van der Waals surface area contributed by atoms with Gasteiger partial charge in [-0.2, -0.15) is 0 Å². The van der Waals surface area contributed by atoms with Gasteiger partial charge < -0.3 is 15.0 Å². The number of ether oxygens (including phenoxy) is 1. The molecule has 0 aliphatic heterocycles. The van der Waals surface area contributed by atoms with Crippen molar-refractivity contribution < 1.29 is 4.74 Å². The molecule has 0 aliphatic rings. The Labute approximate surface area is 108 Å². The fraction of sp³-hybridized carbons (Fsp3) is 0.750. The van der Waals surface area contributed by atoms with Crippen LogP contribution in [-0.4, -0.2) is 38.3 Å². The van der Waals surface area contributed by atoms with Gasteiger partial charge in [0.1, 0.15) is 0 Å². The minimum Gasteiger partial charge on any atom is -0.383 e. The van der Waals surface area contributed by atoms with E-state index in [1.165, 1.54) is 4.88 Å². The molecule has 1 rings (SSSR count). The lowest BCUT2D eigenvalue weighted by Gasteiger charge is -2.25. The number of hydrogen-bond acceptors (Lipinski definition) is 5. The number of anilines is 1. The molecule has 17 heavy (non-hydrogen) atoms. The first-order valence-corrected chi connectivity index (χ1v) is 6.80. The summed E-state index contributed by atoms with van der Waals surface area (Å²) in [6, 6.07) is 0.798. The first-order chi connectivity index (χ1) is 8.10. The molecular formula is C12H23N3OS. The van der Waals surface area contributed by atoms with Crippen molar-refractivity contribution in [3.8, 4) is 0 Å². The Morgan fingerprint density at radius 1 is 1.47 bits per heavy atom. The third-order valence-corrected chi connectivity index (χ3v) is 3.99. The number of nitrogens with zero attached hydrogens (tertiary/aromatic N) is 2. The first kappa shape index (κ1) is 14.4. The van der Waals surface area contributed by atoms with Gasteiger partial charge in [-0.25, -0.2) is 4.98 Å². The largest absolute Gasteiger partial charge is 0.383 e. The average Bonchev–Trinajstić information content (AvgIpc) is 2.77. The van der Waals surface area contributed by atoms with Crippen LogP contribution in [0.2, 0.25) is 0 Å². The minimum absolute atomic E-state index is 0.359. The summed E-state index contributed by atoms with van der Waals surface area (Å²) in [6.45, 7) is 8.12. The van der Waals surface area contributed by atoms with Crippen LogP contribution in [0.1, 0.15) is 31.7 Å². The lowest BCUT2D eigenvalue weighted by molar-refractivity contribution is 0.204. The van der Waals surface area contributed by atoms with Crippen LogP contribution < -0.4 is 10.2 Å². The van der Waals surface area contributed by atoms with Crippen LogP contribution in [0.15, 0.2) is 6.20 Å². The highest BCUT2D eigenvalue weighted by Crippen LogP contribution is 2.27. The van der Waals surface area contributed by atoms with E-state index in [9.17, 15) is 0 Å². The maximum absolute atomic E-state index is 5.14. The highest BCUT2D eigenvalue weighted by molar-refractivity contribution is 7.15. The topological polar surface area (TPSA) is 37.4 Å². The van der Waals surface area contributed by atoms with E-state index in [1.54, 1.807) is 18.4 Å². The molecule has 0 saturated heterocycles. The fourth-order valence-corrected chi connectivity index (χ4v) is 2.65.